The standard InChI is InChI=1S/C19H16ClN/c1-21(17-10-6-3-7-11-17)19-13-12-16(20)14-18(19)15-8-4-2-5-9-15/h2-14H,1H3. The minimum absolute atomic E-state index is 0.749. The van der Waals surface area contributed by atoms with Gasteiger partial charge in [-0.2, -0.15) is 0 Å². The van der Waals surface area contributed by atoms with Gasteiger partial charge in [0, 0.05) is 29.0 Å². The van der Waals surface area contributed by atoms with Crippen LogP contribution in [0.25, 0.3) is 11.1 Å². The molecule has 0 aromatic heterocycles. The molecule has 0 atom stereocenters. The molecule has 0 aliphatic heterocycles. The molecule has 0 saturated heterocycles. The van der Waals surface area contributed by atoms with Crippen LogP contribution in [-0.2, 0) is 0 Å². The third kappa shape index (κ3) is 2.93. The number of hydrogen-bond donors (Lipinski definition) is 0. The zero-order valence-electron chi connectivity index (χ0n) is 11.8. The fourth-order valence-corrected chi connectivity index (χ4v) is 2.61. The van der Waals surface area contributed by atoms with Crippen LogP contribution in [0.4, 0.5) is 11.4 Å². The Bertz CT molecular complexity index is 723. The highest BCUT2D eigenvalue weighted by atomic mass is 35.5. The predicted molar refractivity (Wildman–Crippen MR) is 91.4 cm³/mol. The van der Waals surface area contributed by atoms with Crippen molar-refractivity contribution in [3.63, 3.8) is 0 Å². The number of nitrogens with zero attached hydrogens (tertiary/aromatic N) is 1. The van der Waals surface area contributed by atoms with Crippen molar-refractivity contribution in [1.29, 1.82) is 0 Å². The highest BCUT2D eigenvalue weighted by Crippen LogP contribution is 2.35. The van der Waals surface area contributed by atoms with Gasteiger partial charge in [0.2, 0.25) is 0 Å². The van der Waals surface area contributed by atoms with E-state index in [9.17, 15) is 0 Å². The smallest absolute Gasteiger partial charge is 0.0488 e. The summed E-state index contributed by atoms with van der Waals surface area (Å²) < 4.78 is 0. The summed E-state index contributed by atoms with van der Waals surface area (Å²) >= 11 is 6.20. The zero-order chi connectivity index (χ0) is 14.7. The first kappa shape index (κ1) is 13.7. The van der Waals surface area contributed by atoms with Crippen molar-refractivity contribution in [2.45, 2.75) is 0 Å². The van der Waals surface area contributed by atoms with Gasteiger partial charge in [-0.25, -0.2) is 0 Å². The average molecular weight is 294 g/mol. The molecule has 0 saturated carbocycles. The maximum absolute atomic E-state index is 6.20. The van der Waals surface area contributed by atoms with Gasteiger partial charge >= 0.3 is 0 Å². The van der Waals surface area contributed by atoms with Crippen molar-refractivity contribution in [3.8, 4) is 11.1 Å². The molecule has 0 unspecified atom stereocenters. The lowest BCUT2D eigenvalue weighted by atomic mass is 10.0. The van der Waals surface area contributed by atoms with Crippen LogP contribution >= 0.6 is 11.6 Å². The minimum atomic E-state index is 0.749. The Kier molecular flexibility index (Phi) is 3.94. The molecule has 104 valence electrons. The first-order valence-corrected chi connectivity index (χ1v) is 7.27. The van der Waals surface area contributed by atoms with Crippen LogP contribution in [-0.4, -0.2) is 7.05 Å². The van der Waals surface area contributed by atoms with Gasteiger partial charge in [-0.1, -0.05) is 60.1 Å². The molecule has 0 bridgehead atoms. The third-order valence-electron chi connectivity index (χ3n) is 3.55. The number of benzene rings is 3. The van der Waals surface area contributed by atoms with Crippen molar-refractivity contribution >= 4 is 23.0 Å². The Balaban J connectivity index is 2.11. The van der Waals surface area contributed by atoms with Crippen LogP contribution in [0.5, 0.6) is 0 Å². The monoisotopic (exact) mass is 293 g/mol. The van der Waals surface area contributed by atoms with E-state index in [1.165, 1.54) is 0 Å². The van der Waals surface area contributed by atoms with E-state index in [1.807, 2.05) is 48.5 Å². The molecule has 0 amide bonds. The van der Waals surface area contributed by atoms with Crippen LogP contribution in [0.15, 0.2) is 78.9 Å². The van der Waals surface area contributed by atoms with Gasteiger partial charge in [0.1, 0.15) is 0 Å². The number of para-hydroxylation sites is 1. The fraction of sp³-hybridized carbons (Fsp3) is 0.0526. The Morgan fingerprint density at radius 1 is 0.762 bits per heavy atom. The van der Waals surface area contributed by atoms with E-state index < -0.39 is 0 Å². The van der Waals surface area contributed by atoms with Gasteiger partial charge in [0.05, 0.1) is 0 Å². The molecule has 0 spiro atoms. The first-order valence-electron chi connectivity index (χ1n) is 6.89. The van der Waals surface area contributed by atoms with Crippen LogP contribution in [0.1, 0.15) is 0 Å². The summed E-state index contributed by atoms with van der Waals surface area (Å²) in [5, 5.41) is 0.749. The molecule has 1 nitrogen and oxygen atoms in total. The van der Waals surface area contributed by atoms with Crippen molar-refractivity contribution in [1.82, 2.24) is 0 Å². The molecule has 3 rings (SSSR count). The molecular formula is C19H16ClN. The molecule has 21 heavy (non-hydrogen) atoms. The average Bonchev–Trinajstić information content (AvgIpc) is 2.56. The summed E-state index contributed by atoms with van der Waals surface area (Å²) in [5.41, 5.74) is 4.58. The first-order chi connectivity index (χ1) is 10.3. The van der Waals surface area contributed by atoms with Gasteiger partial charge in [0.15, 0.2) is 0 Å². The summed E-state index contributed by atoms with van der Waals surface area (Å²) in [6.45, 7) is 0. The Morgan fingerprint density at radius 3 is 2.05 bits per heavy atom. The number of rotatable bonds is 3. The second-order valence-corrected chi connectivity index (χ2v) is 5.36. The number of hydrogen-bond acceptors (Lipinski definition) is 1. The van der Waals surface area contributed by atoms with Crippen molar-refractivity contribution in [2.24, 2.45) is 0 Å². The lowest BCUT2D eigenvalue weighted by Gasteiger charge is -2.23. The van der Waals surface area contributed by atoms with E-state index in [0.717, 1.165) is 27.5 Å². The summed E-state index contributed by atoms with van der Waals surface area (Å²) in [5.74, 6) is 0. The van der Waals surface area contributed by atoms with Crippen LogP contribution in [0, 0.1) is 0 Å². The molecule has 2 heteroatoms. The minimum Gasteiger partial charge on any atom is -0.344 e. The molecule has 0 N–H and O–H groups in total. The van der Waals surface area contributed by atoms with E-state index in [4.69, 9.17) is 11.6 Å². The summed E-state index contributed by atoms with van der Waals surface area (Å²) in [7, 11) is 2.07. The lowest BCUT2D eigenvalue weighted by Crippen LogP contribution is -2.10. The quantitative estimate of drug-likeness (QED) is 0.592. The molecule has 0 fully saturated rings. The maximum atomic E-state index is 6.20. The number of anilines is 2. The van der Waals surface area contributed by atoms with Gasteiger partial charge < -0.3 is 4.90 Å². The third-order valence-corrected chi connectivity index (χ3v) is 3.78. The highest BCUT2D eigenvalue weighted by Gasteiger charge is 2.11. The summed E-state index contributed by atoms with van der Waals surface area (Å²) in [6, 6.07) is 26.7. The zero-order valence-corrected chi connectivity index (χ0v) is 12.6. The van der Waals surface area contributed by atoms with E-state index >= 15 is 0 Å². The normalized spacial score (nSPS) is 10.4. The largest absolute Gasteiger partial charge is 0.344 e. The van der Waals surface area contributed by atoms with Gasteiger partial charge in [-0.05, 0) is 35.9 Å². The molecule has 3 aromatic carbocycles. The van der Waals surface area contributed by atoms with Crippen molar-refractivity contribution in [3.05, 3.63) is 83.9 Å². The molecular weight excluding hydrogens is 278 g/mol. The molecule has 0 aliphatic rings. The van der Waals surface area contributed by atoms with Crippen LogP contribution in [0.3, 0.4) is 0 Å². The Hall–Kier alpha value is -2.25. The van der Waals surface area contributed by atoms with E-state index in [0.29, 0.717) is 0 Å². The van der Waals surface area contributed by atoms with E-state index in [-0.39, 0.29) is 0 Å². The molecule has 0 heterocycles. The van der Waals surface area contributed by atoms with E-state index in [2.05, 4.69) is 42.3 Å². The molecule has 3 aromatic rings. The Labute approximate surface area is 130 Å². The number of halogens is 1. The van der Waals surface area contributed by atoms with E-state index in [1.54, 1.807) is 0 Å². The van der Waals surface area contributed by atoms with Crippen LogP contribution < -0.4 is 4.90 Å². The molecule has 0 radical (unpaired) electrons. The van der Waals surface area contributed by atoms with Gasteiger partial charge in [0.25, 0.3) is 0 Å². The predicted octanol–water partition coefficient (Wildman–Crippen LogP) is 5.77. The fourth-order valence-electron chi connectivity index (χ4n) is 2.44. The highest BCUT2D eigenvalue weighted by molar-refractivity contribution is 6.31. The topological polar surface area (TPSA) is 3.24 Å². The maximum Gasteiger partial charge on any atom is 0.0488 e. The second kappa shape index (κ2) is 6.02. The van der Waals surface area contributed by atoms with Gasteiger partial charge in [-0.15, -0.1) is 0 Å². The van der Waals surface area contributed by atoms with Crippen LogP contribution in [0.2, 0.25) is 5.02 Å². The lowest BCUT2D eigenvalue weighted by molar-refractivity contribution is 1.21. The molecule has 0 aliphatic carbocycles. The second-order valence-electron chi connectivity index (χ2n) is 4.92. The van der Waals surface area contributed by atoms with Crippen molar-refractivity contribution in [2.75, 3.05) is 11.9 Å². The SMILES string of the molecule is CN(c1ccccc1)c1ccc(Cl)cc1-c1ccccc1. The van der Waals surface area contributed by atoms with Gasteiger partial charge in [-0.3, -0.25) is 0 Å². The van der Waals surface area contributed by atoms with Crippen molar-refractivity contribution < 1.29 is 0 Å². The summed E-state index contributed by atoms with van der Waals surface area (Å²) in [4.78, 5) is 2.18. The Morgan fingerprint density at radius 2 is 1.38 bits per heavy atom. The summed E-state index contributed by atoms with van der Waals surface area (Å²) in [6.07, 6.45) is 0.